The molecule has 2 aliphatic rings. The minimum absolute atomic E-state index is 0.0570. The number of aliphatic imine (C=N–C) groups is 1. The van der Waals surface area contributed by atoms with Gasteiger partial charge >= 0.3 is 5.97 Å². The van der Waals surface area contributed by atoms with Crippen LogP contribution in [-0.4, -0.2) is 44.8 Å². The Hall–Kier alpha value is -3.41. The maximum atomic E-state index is 13.7. The van der Waals surface area contributed by atoms with E-state index in [0.717, 1.165) is 41.4 Å². The molecule has 4 rings (SSSR count). The fraction of sp³-hybridized carbons (Fsp3) is 0.414. The number of anilines is 1. The number of carbonyl (C=O) groups excluding carboxylic acids is 2. The predicted molar refractivity (Wildman–Crippen MR) is 138 cm³/mol. The fourth-order valence-electron chi connectivity index (χ4n) is 5.50. The summed E-state index contributed by atoms with van der Waals surface area (Å²) in [5.74, 6) is -0.317. The van der Waals surface area contributed by atoms with Gasteiger partial charge in [0.2, 0.25) is 0 Å². The number of carbonyl (C=O) groups is 2. The van der Waals surface area contributed by atoms with Gasteiger partial charge in [-0.1, -0.05) is 24.3 Å². The van der Waals surface area contributed by atoms with Gasteiger partial charge in [0.05, 0.1) is 25.7 Å². The summed E-state index contributed by atoms with van der Waals surface area (Å²) < 4.78 is 10.4. The van der Waals surface area contributed by atoms with E-state index in [1.807, 2.05) is 43.3 Å². The van der Waals surface area contributed by atoms with Gasteiger partial charge in [0, 0.05) is 42.5 Å². The van der Waals surface area contributed by atoms with Crippen LogP contribution in [0.1, 0.15) is 56.6 Å². The molecule has 0 N–H and O–H groups in total. The van der Waals surface area contributed by atoms with Crippen LogP contribution < -0.4 is 9.64 Å². The molecule has 1 aliphatic carbocycles. The van der Waals surface area contributed by atoms with E-state index in [1.165, 1.54) is 7.11 Å². The summed E-state index contributed by atoms with van der Waals surface area (Å²) in [6, 6.07) is 16.1. The third-order valence-electron chi connectivity index (χ3n) is 7.33. The molecular formula is C29H34N2O4. The highest BCUT2D eigenvalue weighted by atomic mass is 16.5. The molecule has 3 atom stereocenters. The highest BCUT2D eigenvalue weighted by molar-refractivity contribution is 6.12. The van der Waals surface area contributed by atoms with Crippen LogP contribution in [0, 0.1) is 5.92 Å². The zero-order valence-electron chi connectivity index (χ0n) is 21.2. The van der Waals surface area contributed by atoms with E-state index in [2.05, 4.69) is 30.9 Å². The summed E-state index contributed by atoms with van der Waals surface area (Å²) >= 11 is 0. The zero-order chi connectivity index (χ0) is 25.1. The van der Waals surface area contributed by atoms with Crippen molar-refractivity contribution in [3.05, 3.63) is 70.9 Å². The van der Waals surface area contributed by atoms with E-state index in [4.69, 9.17) is 14.5 Å². The van der Waals surface area contributed by atoms with Gasteiger partial charge < -0.3 is 14.4 Å². The SMILES string of the molecule is CCN(CC)c1ccc([C@H]2C(C(=O)OC)=C(C)N=C3C[C@H](c4ccc(OC)cc4)CC(=O)C32)cc1. The van der Waals surface area contributed by atoms with E-state index >= 15 is 0 Å². The average molecular weight is 475 g/mol. The molecule has 0 bridgehead atoms. The molecule has 184 valence electrons. The number of ether oxygens (including phenoxy) is 2. The van der Waals surface area contributed by atoms with Gasteiger partial charge in [-0.15, -0.1) is 0 Å². The first-order valence-electron chi connectivity index (χ1n) is 12.3. The monoisotopic (exact) mass is 474 g/mol. The number of fused-ring (bicyclic) bond motifs is 1. The second kappa shape index (κ2) is 10.5. The minimum Gasteiger partial charge on any atom is -0.497 e. The number of methoxy groups -OCH3 is 2. The maximum absolute atomic E-state index is 13.7. The van der Waals surface area contributed by atoms with E-state index in [-0.39, 0.29) is 11.7 Å². The Labute approximate surface area is 207 Å². The standard InChI is InChI=1S/C29H34N2O4/c1-6-31(7-2)22-12-8-20(9-13-22)27-26(29(33)35-5)18(3)30-24-16-21(17-25(32)28(24)27)19-10-14-23(34-4)15-11-19/h8-15,21,27-28H,6-7,16-17H2,1-5H3/t21-,27-,28?/m0/s1. The van der Waals surface area contributed by atoms with Crippen molar-refractivity contribution in [2.24, 2.45) is 10.9 Å². The Morgan fingerprint density at radius 2 is 1.57 bits per heavy atom. The first-order valence-corrected chi connectivity index (χ1v) is 12.3. The lowest BCUT2D eigenvalue weighted by molar-refractivity contribution is -0.136. The molecule has 2 aromatic carbocycles. The molecule has 1 saturated carbocycles. The number of esters is 1. The fourth-order valence-corrected chi connectivity index (χ4v) is 5.50. The van der Waals surface area contributed by atoms with Gasteiger partial charge in [-0.3, -0.25) is 9.79 Å². The molecule has 1 heterocycles. The van der Waals surface area contributed by atoms with Gasteiger partial charge in [-0.25, -0.2) is 4.79 Å². The van der Waals surface area contributed by atoms with Crippen molar-refractivity contribution < 1.29 is 19.1 Å². The highest BCUT2D eigenvalue weighted by Gasteiger charge is 2.46. The molecule has 1 unspecified atom stereocenters. The predicted octanol–water partition coefficient (Wildman–Crippen LogP) is 5.29. The van der Waals surface area contributed by atoms with Crippen molar-refractivity contribution in [3.8, 4) is 5.75 Å². The second-order valence-electron chi connectivity index (χ2n) is 9.16. The number of hydrogen-bond donors (Lipinski definition) is 0. The van der Waals surface area contributed by atoms with Gasteiger partial charge in [-0.2, -0.15) is 0 Å². The lowest BCUT2D eigenvalue weighted by Crippen LogP contribution is -2.41. The van der Waals surface area contributed by atoms with Gasteiger partial charge in [0.15, 0.2) is 0 Å². The molecule has 0 aromatic heterocycles. The van der Waals surface area contributed by atoms with Crippen LogP contribution >= 0.6 is 0 Å². The smallest absolute Gasteiger partial charge is 0.336 e. The molecule has 1 fully saturated rings. The van der Waals surface area contributed by atoms with Crippen molar-refractivity contribution >= 4 is 23.2 Å². The van der Waals surface area contributed by atoms with Crippen LogP contribution in [0.25, 0.3) is 0 Å². The van der Waals surface area contributed by atoms with E-state index in [9.17, 15) is 9.59 Å². The Bertz CT molecular complexity index is 1140. The number of allylic oxidation sites excluding steroid dienone is 1. The van der Waals surface area contributed by atoms with Crippen molar-refractivity contribution in [2.45, 2.75) is 45.4 Å². The van der Waals surface area contributed by atoms with Crippen LogP contribution in [0.3, 0.4) is 0 Å². The molecule has 0 amide bonds. The Kier molecular flexibility index (Phi) is 7.39. The van der Waals surface area contributed by atoms with Crippen molar-refractivity contribution in [1.82, 2.24) is 0 Å². The largest absolute Gasteiger partial charge is 0.497 e. The van der Waals surface area contributed by atoms with Crippen molar-refractivity contribution in [3.63, 3.8) is 0 Å². The summed E-state index contributed by atoms with van der Waals surface area (Å²) in [4.78, 5) is 33.6. The van der Waals surface area contributed by atoms with Crippen LogP contribution in [0.15, 0.2) is 64.8 Å². The summed E-state index contributed by atoms with van der Waals surface area (Å²) in [5.41, 5.74) is 5.12. The molecule has 0 radical (unpaired) electrons. The van der Waals surface area contributed by atoms with Crippen molar-refractivity contribution in [2.75, 3.05) is 32.2 Å². The molecule has 0 spiro atoms. The third kappa shape index (κ3) is 4.75. The quantitative estimate of drug-likeness (QED) is 0.510. The molecule has 6 nitrogen and oxygen atoms in total. The highest BCUT2D eigenvalue weighted by Crippen LogP contribution is 2.46. The normalized spacial score (nSPS) is 21.8. The summed E-state index contributed by atoms with van der Waals surface area (Å²) in [5, 5.41) is 0. The number of rotatable bonds is 7. The van der Waals surface area contributed by atoms with Gasteiger partial charge in [-0.05, 0) is 68.5 Å². The molecule has 35 heavy (non-hydrogen) atoms. The number of Topliss-reactive ketones (excluding diaryl/α,β-unsaturated/α-hetero) is 1. The van der Waals surface area contributed by atoms with Crippen molar-refractivity contribution in [1.29, 1.82) is 0 Å². The molecule has 2 aromatic rings. The zero-order valence-corrected chi connectivity index (χ0v) is 21.2. The summed E-state index contributed by atoms with van der Waals surface area (Å²) in [6.07, 6.45) is 1.10. The first kappa shape index (κ1) is 24.7. The van der Waals surface area contributed by atoms with Gasteiger partial charge in [0.1, 0.15) is 11.5 Å². The Morgan fingerprint density at radius 3 is 2.14 bits per heavy atom. The maximum Gasteiger partial charge on any atom is 0.336 e. The van der Waals surface area contributed by atoms with Crippen LogP contribution in [-0.2, 0) is 14.3 Å². The molecular weight excluding hydrogens is 440 g/mol. The lowest BCUT2D eigenvalue weighted by Gasteiger charge is -2.38. The van der Waals surface area contributed by atoms with E-state index < -0.39 is 17.8 Å². The summed E-state index contributed by atoms with van der Waals surface area (Å²) in [7, 11) is 3.02. The number of nitrogens with zero attached hydrogens (tertiary/aromatic N) is 2. The summed E-state index contributed by atoms with van der Waals surface area (Å²) in [6.45, 7) is 7.92. The number of ketones is 1. The topological polar surface area (TPSA) is 68.2 Å². The lowest BCUT2D eigenvalue weighted by atomic mass is 9.66. The van der Waals surface area contributed by atoms with E-state index in [0.29, 0.717) is 24.1 Å². The minimum atomic E-state index is -0.457. The Balaban J connectivity index is 1.72. The van der Waals surface area contributed by atoms with E-state index in [1.54, 1.807) is 7.11 Å². The van der Waals surface area contributed by atoms with Crippen LogP contribution in [0.2, 0.25) is 0 Å². The van der Waals surface area contributed by atoms with Crippen LogP contribution in [0.5, 0.6) is 5.75 Å². The van der Waals surface area contributed by atoms with Gasteiger partial charge in [0.25, 0.3) is 0 Å². The second-order valence-corrected chi connectivity index (χ2v) is 9.16. The molecule has 6 heteroatoms. The first-order chi connectivity index (χ1) is 16.9. The Morgan fingerprint density at radius 1 is 0.943 bits per heavy atom. The average Bonchev–Trinajstić information content (AvgIpc) is 2.88. The number of hydrogen-bond acceptors (Lipinski definition) is 6. The van der Waals surface area contributed by atoms with Crippen LogP contribution in [0.4, 0.5) is 5.69 Å². The number of benzene rings is 2. The molecule has 0 saturated heterocycles. The third-order valence-corrected chi connectivity index (χ3v) is 7.33. The molecule has 1 aliphatic heterocycles.